The molecule has 0 saturated carbocycles. The number of nitrogen functional groups attached to an aromatic ring is 1. The Kier molecular flexibility index (Phi) is 3.14. The summed E-state index contributed by atoms with van der Waals surface area (Å²) in [6.07, 6.45) is 3.36. The lowest BCUT2D eigenvalue weighted by Gasteiger charge is -2.09. The van der Waals surface area contributed by atoms with Crippen molar-refractivity contribution in [3.8, 4) is 5.75 Å². The molecule has 0 fully saturated rings. The van der Waals surface area contributed by atoms with Crippen molar-refractivity contribution in [2.75, 3.05) is 18.2 Å². The third-order valence-corrected chi connectivity index (χ3v) is 2.30. The van der Waals surface area contributed by atoms with E-state index in [1.54, 1.807) is 25.6 Å². The van der Waals surface area contributed by atoms with Gasteiger partial charge in [-0.25, -0.2) is 4.98 Å². The highest BCUT2D eigenvalue weighted by Crippen LogP contribution is 2.25. The van der Waals surface area contributed by atoms with E-state index in [0.717, 1.165) is 17.0 Å². The van der Waals surface area contributed by atoms with E-state index in [-0.39, 0.29) is 0 Å². The smallest absolute Gasteiger partial charge is 0.166 e. The van der Waals surface area contributed by atoms with Gasteiger partial charge in [-0.15, -0.1) is 0 Å². The van der Waals surface area contributed by atoms with E-state index in [9.17, 15) is 0 Å². The van der Waals surface area contributed by atoms with Gasteiger partial charge in [0.1, 0.15) is 11.6 Å². The van der Waals surface area contributed by atoms with Crippen LogP contribution in [-0.2, 0) is 0 Å². The number of anilines is 3. The van der Waals surface area contributed by atoms with E-state index in [1.807, 2.05) is 20.0 Å². The summed E-state index contributed by atoms with van der Waals surface area (Å²) in [6, 6.07) is 5.43. The van der Waals surface area contributed by atoms with Crippen LogP contribution in [0.5, 0.6) is 5.75 Å². The second kappa shape index (κ2) is 4.73. The highest BCUT2D eigenvalue weighted by atomic mass is 16.5. The van der Waals surface area contributed by atoms with Gasteiger partial charge in [0.2, 0.25) is 0 Å². The van der Waals surface area contributed by atoms with Crippen molar-refractivity contribution in [3.05, 3.63) is 30.6 Å². The zero-order valence-electron chi connectivity index (χ0n) is 9.77. The predicted octanol–water partition coefficient (Wildman–Crippen LogP) is 0.0694. The first kappa shape index (κ1) is 11.3. The van der Waals surface area contributed by atoms with Crippen LogP contribution in [0.25, 0.3) is 0 Å². The maximum absolute atomic E-state index is 5.88. The Hall–Kier alpha value is -2.24. The van der Waals surface area contributed by atoms with Crippen LogP contribution in [0.1, 0.15) is 0 Å². The number of benzene rings is 1. The molecule has 0 aliphatic carbocycles. The average molecular weight is 228 g/mol. The molecule has 0 saturated heterocycles. The molecule has 0 radical (unpaired) electrons. The van der Waals surface area contributed by atoms with E-state index in [4.69, 9.17) is 10.5 Å². The third kappa shape index (κ3) is 2.66. The molecule has 0 spiro atoms. The summed E-state index contributed by atoms with van der Waals surface area (Å²) in [6.45, 7) is 0. The molecule has 0 bridgehead atoms. The van der Waals surface area contributed by atoms with Gasteiger partial charge in [0.05, 0.1) is 24.7 Å². The molecule has 6 heteroatoms. The van der Waals surface area contributed by atoms with Crippen molar-refractivity contribution in [1.29, 1.82) is 0 Å². The molecule has 1 aromatic heterocycles. The molecule has 0 unspecified atom stereocenters. The number of rotatable bonds is 3. The minimum Gasteiger partial charge on any atom is -0.497 e. The summed E-state index contributed by atoms with van der Waals surface area (Å²) in [4.78, 5) is 8.35. The van der Waals surface area contributed by atoms with Crippen molar-refractivity contribution < 1.29 is 4.74 Å². The molecule has 17 heavy (non-hydrogen) atoms. The van der Waals surface area contributed by atoms with Crippen LogP contribution < -0.4 is 21.4 Å². The van der Waals surface area contributed by atoms with Gasteiger partial charge in [0, 0.05) is 17.9 Å². The van der Waals surface area contributed by atoms with Gasteiger partial charge < -0.3 is 15.8 Å². The van der Waals surface area contributed by atoms with Crippen LogP contribution >= 0.6 is 0 Å². The molecule has 0 atom stereocenters. The third-order valence-electron chi connectivity index (χ3n) is 2.30. The number of aromatic nitrogens is 2. The fraction of sp³-hybridized carbons (Fsp3) is 0.0909. The van der Waals surface area contributed by atoms with Gasteiger partial charge in [0.15, 0.2) is 7.85 Å². The van der Waals surface area contributed by atoms with Crippen molar-refractivity contribution in [1.82, 2.24) is 9.97 Å². The first-order valence-corrected chi connectivity index (χ1v) is 5.18. The lowest BCUT2D eigenvalue weighted by atomic mass is 10.1. The highest BCUT2D eigenvalue weighted by Gasteiger charge is 2.02. The standard InChI is InChI=1S/C11H13BN4O/c1-17-7-2-3-9(8(13)4-7)16-11-6-14-10(12)5-15-11/h2-6H,12-13H2,1H3,(H,15,16). The fourth-order valence-electron chi connectivity index (χ4n) is 1.38. The number of nitrogens with two attached hydrogens (primary N) is 1. The lowest BCUT2D eigenvalue weighted by Crippen LogP contribution is -2.09. The van der Waals surface area contributed by atoms with Crippen LogP contribution in [0.2, 0.25) is 0 Å². The molecule has 3 N–H and O–H groups in total. The Morgan fingerprint density at radius 3 is 2.71 bits per heavy atom. The van der Waals surface area contributed by atoms with Crippen molar-refractivity contribution in [2.24, 2.45) is 0 Å². The first-order chi connectivity index (χ1) is 8.19. The zero-order valence-corrected chi connectivity index (χ0v) is 9.77. The van der Waals surface area contributed by atoms with Crippen LogP contribution in [0.4, 0.5) is 17.2 Å². The molecule has 5 nitrogen and oxygen atoms in total. The van der Waals surface area contributed by atoms with E-state index in [0.29, 0.717) is 11.5 Å². The van der Waals surface area contributed by atoms with E-state index >= 15 is 0 Å². The molecule has 2 aromatic rings. The molecule has 0 aliphatic heterocycles. The fourth-order valence-corrected chi connectivity index (χ4v) is 1.38. The topological polar surface area (TPSA) is 73.1 Å². The van der Waals surface area contributed by atoms with Crippen LogP contribution in [0.3, 0.4) is 0 Å². The Morgan fingerprint density at radius 2 is 2.12 bits per heavy atom. The van der Waals surface area contributed by atoms with E-state index in [1.165, 1.54) is 0 Å². The zero-order chi connectivity index (χ0) is 12.3. The number of nitrogens with one attached hydrogen (secondary N) is 1. The van der Waals surface area contributed by atoms with E-state index in [2.05, 4.69) is 15.3 Å². The molecule has 0 amide bonds. The number of ether oxygens (including phenoxy) is 1. The van der Waals surface area contributed by atoms with Crippen LogP contribution in [0.15, 0.2) is 30.6 Å². The number of methoxy groups -OCH3 is 1. The SMILES string of the molecule is Bc1cnc(Nc2ccc(OC)cc2N)cn1. The molecular weight excluding hydrogens is 215 g/mol. The molecule has 0 aliphatic rings. The second-order valence-electron chi connectivity index (χ2n) is 3.62. The van der Waals surface area contributed by atoms with Crippen molar-refractivity contribution in [3.63, 3.8) is 0 Å². The van der Waals surface area contributed by atoms with Gasteiger partial charge in [-0.3, -0.25) is 4.98 Å². The van der Waals surface area contributed by atoms with Gasteiger partial charge in [-0.05, 0) is 12.1 Å². The maximum atomic E-state index is 5.88. The number of nitrogens with zero attached hydrogens (tertiary/aromatic N) is 2. The summed E-state index contributed by atoms with van der Waals surface area (Å²) in [5.74, 6) is 1.38. The number of hydrogen-bond donors (Lipinski definition) is 2. The second-order valence-corrected chi connectivity index (χ2v) is 3.62. The van der Waals surface area contributed by atoms with Gasteiger partial charge in [-0.2, -0.15) is 0 Å². The van der Waals surface area contributed by atoms with Crippen LogP contribution in [0, 0.1) is 0 Å². The van der Waals surface area contributed by atoms with Gasteiger partial charge in [0.25, 0.3) is 0 Å². The van der Waals surface area contributed by atoms with E-state index < -0.39 is 0 Å². The maximum Gasteiger partial charge on any atom is 0.166 e. The van der Waals surface area contributed by atoms with Gasteiger partial charge >= 0.3 is 0 Å². The normalized spacial score (nSPS) is 9.94. The lowest BCUT2D eigenvalue weighted by molar-refractivity contribution is 0.415. The summed E-state index contributed by atoms with van der Waals surface area (Å²) >= 11 is 0. The highest BCUT2D eigenvalue weighted by molar-refractivity contribution is 6.30. The minimum atomic E-state index is 0.603. The molecule has 86 valence electrons. The number of hydrogen-bond acceptors (Lipinski definition) is 5. The summed E-state index contributed by atoms with van der Waals surface area (Å²) in [5.41, 5.74) is 8.14. The molecule has 1 heterocycles. The average Bonchev–Trinajstić information content (AvgIpc) is 2.34. The molecule has 1 aromatic carbocycles. The van der Waals surface area contributed by atoms with Crippen LogP contribution in [-0.4, -0.2) is 24.9 Å². The summed E-state index contributed by atoms with van der Waals surface area (Å²) < 4.78 is 5.08. The summed E-state index contributed by atoms with van der Waals surface area (Å²) in [7, 11) is 3.49. The summed E-state index contributed by atoms with van der Waals surface area (Å²) in [5, 5.41) is 3.10. The van der Waals surface area contributed by atoms with Crippen molar-refractivity contribution >= 4 is 30.6 Å². The minimum absolute atomic E-state index is 0.603. The monoisotopic (exact) mass is 228 g/mol. The molecule has 2 rings (SSSR count). The first-order valence-electron chi connectivity index (χ1n) is 5.18. The largest absolute Gasteiger partial charge is 0.497 e. The Morgan fingerprint density at radius 1 is 1.29 bits per heavy atom. The Labute approximate surface area is 100 Å². The quantitative estimate of drug-likeness (QED) is 0.574. The predicted molar refractivity (Wildman–Crippen MR) is 70.9 cm³/mol. The molecular formula is C11H13BN4O. The Bertz CT molecular complexity index is 515. The Balaban J connectivity index is 2.21. The van der Waals surface area contributed by atoms with Crippen molar-refractivity contribution in [2.45, 2.75) is 0 Å². The van der Waals surface area contributed by atoms with Gasteiger partial charge in [-0.1, -0.05) is 0 Å².